The van der Waals surface area contributed by atoms with Crippen LogP contribution in [0.1, 0.15) is 5.56 Å². The topological polar surface area (TPSA) is 12.0 Å². The van der Waals surface area contributed by atoms with Gasteiger partial charge in [-0.05, 0) is 12.6 Å². The number of rotatable bonds is 2. The van der Waals surface area contributed by atoms with Gasteiger partial charge in [-0.15, -0.1) is 17.0 Å². The Bertz CT molecular complexity index is 162. The van der Waals surface area contributed by atoms with Gasteiger partial charge in [-0.3, -0.25) is 0 Å². The van der Waals surface area contributed by atoms with Crippen molar-refractivity contribution in [3.05, 3.63) is 35.9 Å². The molecular weight excluding hydrogens is 190 g/mol. The summed E-state index contributed by atoms with van der Waals surface area (Å²) in [5.41, 5.74) is 1.33. The lowest BCUT2D eigenvalue weighted by molar-refractivity contribution is 0.818. The van der Waals surface area contributed by atoms with Gasteiger partial charge in [-0.25, -0.2) is 0 Å². The van der Waals surface area contributed by atoms with Gasteiger partial charge in [0.25, 0.3) is 0 Å². The van der Waals surface area contributed by atoms with Gasteiger partial charge >= 0.3 is 0 Å². The molecule has 1 rings (SSSR count). The van der Waals surface area contributed by atoms with E-state index >= 15 is 0 Å². The van der Waals surface area contributed by atoms with E-state index in [-0.39, 0.29) is 17.0 Å². The average molecular weight is 202 g/mol. The van der Waals surface area contributed by atoms with Crippen LogP contribution < -0.4 is 5.32 Å². The number of halogens is 1. The summed E-state index contributed by atoms with van der Waals surface area (Å²) in [7, 11) is 1.95. The fourth-order valence-electron chi connectivity index (χ4n) is 0.800. The number of benzene rings is 1. The molecule has 0 saturated carbocycles. The molecular formula is C8H12BrN. The first-order valence-corrected chi connectivity index (χ1v) is 3.12. The predicted molar refractivity (Wildman–Crippen MR) is 49.5 cm³/mol. The summed E-state index contributed by atoms with van der Waals surface area (Å²) in [6.45, 7) is 0.959. The summed E-state index contributed by atoms with van der Waals surface area (Å²) in [4.78, 5) is 0. The van der Waals surface area contributed by atoms with Crippen molar-refractivity contribution in [1.82, 2.24) is 5.32 Å². The Hall–Kier alpha value is -0.340. The molecule has 0 spiro atoms. The van der Waals surface area contributed by atoms with E-state index in [1.807, 2.05) is 25.2 Å². The van der Waals surface area contributed by atoms with Crippen LogP contribution in [0.25, 0.3) is 0 Å². The quantitative estimate of drug-likeness (QED) is 0.773. The van der Waals surface area contributed by atoms with Crippen LogP contribution in [0, 0.1) is 0 Å². The normalized spacial score (nSPS) is 8.50. The number of hydrogen-bond acceptors (Lipinski definition) is 1. The summed E-state index contributed by atoms with van der Waals surface area (Å²) in [5, 5.41) is 3.08. The monoisotopic (exact) mass is 201 g/mol. The first-order valence-electron chi connectivity index (χ1n) is 3.12. The molecule has 1 N–H and O–H groups in total. The van der Waals surface area contributed by atoms with Crippen molar-refractivity contribution in [3.8, 4) is 0 Å². The van der Waals surface area contributed by atoms with E-state index in [2.05, 4.69) is 17.4 Å². The van der Waals surface area contributed by atoms with E-state index in [0.29, 0.717) is 0 Å². The maximum Gasteiger partial charge on any atom is 0.0202 e. The first kappa shape index (κ1) is 9.66. The molecule has 0 atom stereocenters. The average Bonchev–Trinajstić information content (AvgIpc) is 1.91. The molecule has 0 aliphatic carbocycles. The maximum atomic E-state index is 3.08. The van der Waals surface area contributed by atoms with Crippen LogP contribution in [0.15, 0.2) is 30.3 Å². The van der Waals surface area contributed by atoms with Gasteiger partial charge in [0, 0.05) is 6.54 Å². The molecule has 10 heavy (non-hydrogen) atoms. The lowest BCUT2D eigenvalue weighted by atomic mass is 10.2. The zero-order valence-electron chi connectivity index (χ0n) is 6.00. The second kappa shape index (κ2) is 5.45. The van der Waals surface area contributed by atoms with E-state index in [1.165, 1.54) is 5.56 Å². The van der Waals surface area contributed by atoms with E-state index in [1.54, 1.807) is 0 Å². The molecule has 0 aliphatic heterocycles. The van der Waals surface area contributed by atoms with Crippen molar-refractivity contribution in [2.75, 3.05) is 7.05 Å². The predicted octanol–water partition coefficient (Wildman–Crippen LogP) is 1.98. The number of hydrogen-bond donors (Lipinski definition) is 1. The molecule has 0 radical (unpaired) electrons. The molecule has 0 amide bonds. The van der Waals surface area contributed by atoms with Gasteiger partial charge in [0.15, 0.2) is 0 Å². The van der Waals surface area contributed by atoms with Crippen molar-refractivity contribution in [2.45, 2.75) is 6.54 Å². The van der Waals surface area contributed by atoms with Gasteiger partial charge in [-0.2, -0.15) is 0 Å². The minimum Gasteiger partial charge on any atom is -0.316 e. The highest BCUT2D eigenvalue weighted by Crippen LogP contribution is 1.95. The third-order valence-corrected chi connectivity index (χ3v) is 1.22. The molecule has 0 heterocycles. The van der Waals surface area contributed by atoms with E-state index in [9.17, 15) is 0 Å². The molecule has 1 nitrogen and oxygen atoms in total. The second-order valence-electron chi connectivity index (χ2n) is 2.02. The van der Waals surface area contributed by atoms with Crippen molar-refractivity contribution in [3.63, 3.8) is 0 Å². The highest BCUT2D eigenvalue weighted by molar-refractivity contribution is 8.93. The lowest BCUT2D eigenvalue weighted by Gasteiger charge is -1.95. The number of nitrogens with one attached hydrogen (secondary N) is 1. The molecule has 2 heteroatoms. The molecule has 0 unspecified atom stereocenters. The molecule has 0 bridgehead atoms. The van der Waals surface area contributed by atoms with Crippen molar-refractivity contribution >= 4 is 17.0 Å². The second-order valence-corrected chi connectivity index (χ2v) is 2.02. The standard InChI is InChI=1S/C8H11N.BrH/c1-9-7-8-5-3-2-4-6-8;/h2-6,9H,7H2,1H3;1H. The molecule has 56 valence electrons. The molecule has 0 fully saturated rings. The molecule has 0 aliphatic rings. The van der Waals surface area contributed by atoms with E-state index in [0.717, 1.165) is 6.54 Å². The molecule has 0 saturated heterocycles. The van der Waals surface area contributed by atoms with E-state index < -0.39 is 0 Å². The Kier molecular flexibility index (Phi) is 5.26. The van der Waals surface area contributed by atoms with Crippen LogP contribution in [0.2, 0.25) is 0 Å². The van der Waals surface area contributed by atoms with Crippen LogP contribution in [-0.2, 0) is 6.54 Å². The van der Waals surface area contributed by atoms with Gasteiger partial charge < -0.3 is 5.32 Å². The zero-order valence-corrected chi connectivity index (χ0v) is 7.72. The largest absolute Gasteiger partial charge is 0.316 e. The Morgan fingerprint density at radius 1 is 1.20 bits per heavy atom. The maximum absolute atomic E-state index is 3.08. The minimum atomic E-state index is 0. The Morgan fingerprint density at radius 2 is 1.80 bits per heavy atom. The minimum absolute atomic E-state index is 0. The Morgan fingerprint density at radius 3 is 2.30 bits per heavy atom. The van der Waals surface area contributed by atoms with Crippen molar-refractivity contribution < 1.29 is 0 Å². The fraction of sp³-hybridized carbons (Fsp3) is 0.250. The third-order valence-electron chi connectivity index (χ3n) is 1.22. The van der Waals surface area contributed by atoms with Crippen molar-refractivity contribution in [2.24, 2.45) is 0 Å². The SMILES string of the molecule is Br.CNCc1ccccc1. The smallest absolute Gasteiger partial charge is 0.0202 e. The third kappa shape index (κ3) is 2.99. The highest BCUT2D eigenvalue weighted by atomic mass is 79.9. The van der Waals surface area contributed by atoms with Crippen LogP contribution in [0.5, 0.6) is 0 Å². The molecule has 1 aromatic carbocycles. The molecule has 0 aromatic heterocycles. The fourth-order valence-corrected chi connectivity index (χ4v) is 0.800. The first-order chi connectivity index (χ1) is 4.43. The van der Waals surface area contributed by atoms with Crippen LogP contribution in [0.3, 0.4) is 0 Å². The highest BCUT2D eigenvalue weighted by Gasteiger charge is 1.83. The van der Waals surface area contributed by atoms with Crippen LogP contribution >= 0.6 is 17.0 Å². The van der Waals surface area contributed by atoms with Gasteiger partial charge in [0.1, 0.15) is 0 Å². The van der Waals surface area contributed by atoms with E-state index in [4.69, 9.17) is 0 Å². The van der Waals surface area contributed by atoms with Crippen LogP contribution in [-0.4, -0.2) is 7.05 Å². The van der Waals surface area contributed by atoms with Crippen LogP contribution in [0.4, 0.5) is 0 Å². The Labute approximate surface area is 72.2 Å². The Balaban J connectivity index is 0.000000810. The summed E-state index contributed by atoms with van der Waals surface area (Å²) in [6, 6.07) is 10.3. The van der Waals surface area contributed by atoms with Crippen molar-refractivity contribution in [1.29, 1.82) is 0 Å². The van der Waals surface area contributed by atoms with Gasteiger partial charge in [0.05, 0.1) is 0 Å². The lowest BCUT2D eigenvalue weighted by Crippen LogP contribution is -2.04. The molecule has 1 aromatic rings. The summed E-state index contributed by atoms with van der Waals surface area (Å²) >= 11 is 0. The summed E-state index contributed by atoms with van der Waals surface area (Å²) in [6.07, 6.45) is 0. The zero-order chi connectivity index (χ0) is 6.53. The summed E-state index contributed by atoms with van der Waals surface area (Å²) in [5.74, 6) is 0. The van der Waals surface area contributed by atoms with Gasteiger partial charge in [0.2, 0.25) is 0 Å². The van der Waals surface area contributed by atoms with Gasteiger partial charge in [-0.1, -0.05) is 30.3 Å². The summed E-state index contributed by atoms with van der Waals surface area (Å²) < 4.78 is 0.